The van der Waals surface area contributed by atoms with Gasteiger partial charge in [0.1, 0.15) is 0 Å². The molecule has 0 fully saturated rings. The van der Waals surface area contributed by atoms with Crippen molar-refractivity contribution in [2.75, 3.05) is 13.7 Å². The lowest BCUT2D eigenvalue weighted by molar-refractivity contribution is -0.385. The van der Waals surface area contributed by atoms with Crippen LogP contribution in [0.15, 0.2) is 18.2 Å². The van der Waals surface area contributed by atoms with Crippen LogP contribution in [-0.2, 0) is 9.53 Å². The molecule has 0 saturated heterocycles. The number of nitro benzene ring substituents is 1. The number of phenolic OH excluding ortho intramolecular Hbond substituents is 1. The Morgan fingerprint density at radius 3 is 2.83 bits per heavy atom. The molecule has 0 aliphatic heterocycles. The number of esters is 1. The normalized spacial score (nSPS) is 9.83. The van der Waals surface area contributed by atoms with Crippen LogP contribution in [0.3, 0.4) is 0 Å². The maximum Gasteiger partial charge on any atom is 0.305 e. The van der Waals surface area contributed by atoms with Gasteiger partial charge in [0.15, 0.2) is 11.5 Å². The standard InChI is InChI=1S/C11H13NO6/c1-17-11(14)3-2-6-18-10-7-8(12(15)16)4-5-9(10)13/h4-5,7,13H,2-3,6H2,1H3. The molecule has 0 aliphatic rings. The first kappa shape index (κ1) is 13.8. The van der Waals surface area contributed by atoms with E-state index >= 15 is 0 Å². The molecule has 7 nitrogen and oxygen atoms in total. The SMILES string of the molecule is COC(=O)CCCOc1cc([N+](=O)[O-])ccc1O. The minimum Gasteiger partial charge on any atom is -0.504 e. The highest BCUT2D eigenvalue weighted by Gasteiger charge is 2.11. The number of carbonyl (C=O) groups excluding carboxylic acids is 1. The van der Waals surface area contributed by atoms with Crippen LogP contribution in [0.5, 0.6) is 11.5 Å². The van der Waals surface area contributed by atoms with E-state index in [1.54, 1.807) is 0 Å². The van der Waals surface area contributed by atoms with Gasteiger partial charge in [-0.25, -0.2) is 0 Å². The van der Waals surface area contributed by atoms with Gasteiger partial charge in [0, 0.05) is 12.5 Å². The van der Waals surface area contributed by atoms with E-state index in [2.05, 4.69) is 4.74 Å². The highest BCUT2D eigenvalue weighted by Crippen LogP contribution is 2.30. The van der Waals surface area contributed by atoms with Crippen LogP contribution >= 0.6 is 0 Å². The number of carbonyl (C=O) groups is 1. The summed E-state index contributed by atoms with van der Waals surface area (Å²) in [5.41, 5.74) is -0.171. The highest BCUT2D eigenvalue weighted by atomic mass is 16.6. The first-order chi connectivity index (χ1) is 8.54. The number of benzene rings is 1. The van der Waals surface area contributed by atoms with E-state index in [0.717, 1.165) is 6.07 Å². The third-order valence-corrected chi connectivity index (χ3v) is 2.16. The molecule has 0 heterocycles. The number of non-ortho nitro benzene ring substituents is 1. The van der Waals surface area contributed by atoms with Gasteiger partial charge in [-0.15, -0.1) is 0 Å². The molecule has 0 bridgehead atoms. The number of phenols is 1. The molecule has 0 unspecified atom stereocenters. The Morgan fingerprint density at radius 2 is 2.22 bits per heavy atom. The van der Waals surface area contributed by atoms with E-state index in [1.165, 1.54) is 19.2 Å². The number of rotatable bonds is 6. The van der Waals surface area contributed by atoms with Gasteiger partial charge in [-0.3, -0.25) is 14.9 Å². The van der Waals surface area contributed by atoms with E-state index in [1.807, 2.05) is 0 Å². The van der Waals surface area contributed by atoms with Gasteiger partial charge in [-0.2, -0.15) is 0 Å². The summed E-state index contributed by atoms with van der Waals surface area (Å²) in [5.74, 6) is -0.519. The third-order valence-electron chi connectivity index (χ3n) is 2.16. The summed E-state index contributed by atoms with van der Waals surface area (Å²) in [5, 5.41) is 20.0. The lowest BCUT2D eigenvalue weighted by Gasteiger charge is -2.07. The number of nitro groups is 1. The van der Waals surface area contributed by atoms with Crippen LogP contribution in [0.2, 0.25) is 0 Å². The van der Waals surface area contributed by atoms with Crippen molar-refractivity contribution in [1.29, 1.82) is 0 Å². The smallest absolute Gasteiger partial charge is 0.305 e. The number of methoxy groups -OCH3 is 1. The van der Waals surface area contributed by atoms with E-state index in [0.29, 0.717) is 6.42 Å². The molecular weight excluding hydrogens is 242 g/mol. The Labute approximate surface area is 103 Å². The third kappa shape index (κ3) is 3.93. The average molecular weight is 255 g/mol. The van der Waals surface area contributed by atoms with Gasteiger partial charge in [0.25, 0.3) is 5.69 Å². The van der Waals surface area contributed by atoms with Gasteiger partial charge < -0.3 is 14.6 Å². The zero-order chi connectivity index (χ0) is 13.5. The van der Waals surface area contributed by atoms with Crippen molar-refractivity contribution in [1.82, 2.24) is 0 Å². The molecule has 1 rings (SSSR count). The molecule has 0 aromatic heterocycles. The minimum absolute atomic E-state index is 0.0223. The van der Waals surface area contributed by atoms with Crippen LogP contribution < -0.4 is 4.74 Å². The molecule has 0 radical (unpaired) electrons. The fourth-order valence-electron chi connectivity index (χ4n) is 1.23. The van der Waals surface area contributed by atoms with Crippen molar-refractivity contribution in [2.45, 2.75) is 12.8 Å². The van der Waals surface area contributed by atoms with Gasteiger partial charge in [-0.05, 0) is 12.5 Å². The van der Waals surface area contributed by atoms with E-state index in [-0.39, 0.29) is 36.2 Å². The summed E-state index contributed by atoms with van der Waals surface area (Å²) in [4.78, 5) is 20.8. The van der Waals surface area contributed by atoms with Crippen LogP contribution in [0.4, 0.5) is 5.69 Å². The molecule has 18 heavy (non-hydrogen) atoms. The Balaban J connectivity index is 2.53. The molecule has 98 valence electrons. The Bertz CT molecular complexity index is 445. The van der Waals surface area contributed by atoms with Crippen molar-refractivity contribution in [3.63, 3.8) is 0 Å². The molecule has 0 spiro atoms. The number of aromatic hydroxyl groups is 1. The topological polar surface area (TPSA) is 98.9 Å². The van der Waals surface area contributed by atoms with E-state index in [4.69, 9.17) is 4.74 Å². The predicted molar refractivity (Wildman–Crippen MR) is 61.5 cm³/mol. The monoisotopic (exact) mass is 255 g/mol. The number of nitrogens with zero attached hydrogens (tertiary/aromatic N) is 1. The Hall–Kier alpha value is -2.31. The van der Waals surface area contributed by atoms with E-state index in [9.17, 15) is 20.0 Å². The molecule has 0 atom stereocenters. The molecule has 1 N–H and O–H groups in total. The van der Waals surface area contributed by atoms with Gasteiger partial charge in [0.05, 0.1) is 24.7 Å². The lowest BCUT2D eigenvalue weighted by atomic mass is 10.3. The molecule has 1 aromatic carbocycles. The van der Waals surface area contributed by atoms with Gasteiger partial charge in [0.2, 0.25) is 0 Å². The molecule has 1 aromatic rings. The zero-order valence-corrected chi connectivity index (χ0v) is 9.79. The number of hydrogen-bond acceptors (Lipinski definition) is 6. The quantitative estimate of drug-likeness (QED) is 0.359. The Morgan fingerprint density at radius 1 is 1.50 bits per heavy atom. The second-order valence-corrected chi connectivity index (χ2v) is 3.44. The van der Waals surface area contributed by atoms with Crippen molar-refractivity contribution in [2.24, 2.45) is 0 Å². The average Bonchev–Trinajstić information content (AvgIpc) is 2.35. The molecule has 0 aliphatic carbocycles. The van der Waals surface area contributed by atoms with Crippen LogP contribution in [0, 0.1) is 10.1 Å². The zero-order valence-electron chi connectivity index (χ0n) is 9.79. The maximum absolute atomic E-state index is 10.8. The largest absolute Gasteiger partial charge is 0.504 e. The summed E-state index contributed by atoms with van der Waals surface area (Å²) in [6, 6.07) is 3.50. The van der Waals surface area contributed by atoms with Crippen molar-refractivity contribution >= 4 is 11.7 Å². The summed E-state index contributed by atoms with van der Waals surface area (Å²) in [6.45, 7) is 0.157. The summed E-state index contributed by atoms with van der Waals surface area (Å²) in [6.07, 6.45) is 0.584. The number of ether oxygens (including phenoxy) is 2. The lowest BCUT2D eigenvalue weighted by Crippen LogP contribution is -2.04. The highest BCUT2D eigenvalue weighted by molar-refractivity contribution is 5.69. The fraction of sp³-hybridized carbons (Fsp3) is 0.364. The van der Waals surface area contributed by atoms with Crippen LogP contribution in [0.1, 0.15) is 12.8 Å². The maximum atomic E-state index is 10.8. The minimum atomic E-state index is -0.583. The second-order valence-electron chi connectivity index (χ2n) is 3.44. The molecule has 0 amide bonds. The van der Waals surface area contributed by atoms with E-state index < -0.39 is 4.92 Å². The predicted octanol–water partition coefficient (Wildman–Crippen LogP) is 1.63. The van der Waals surface area contributed by atoms with Gasteiger partial charge >= 0.3 is 5.97 Å². The first-order valence-corrected chi connectivity index (χ1v) is 5.21. The van der Waals surface area contributed by atoms with Crippen molar-refractivity contribution in [3.05, 3.63) is 28.3 Å². The Kier molecular flexibility index (Phi) is 4.91. The first-order valence-electron chi connectivity index (χ1n) is 5.21. The molecule has 7 heteroatoms. The molecular formula is C11H13NO6. The fourth-order valence-corrected chi connectivity index (χ4v) is 1.23. The summed E-state index contributed by atoms with van der Waals surface area (Å²) in [7, 11) is 1.29. The molecule has 0 saturated carbocycles. The van der Waals surface area contributed by atoms with Crippen LogP contribution in [-0.4, -0.2) is 29.7 Å². The summed E-state index contributed by atoms with van der Waals surface area (Å²) < 4.78 is 9.60. The number of hydrogen-bond donors (Lipinski definition) is 1. The van der Waals surface area contributed by atoms with Gasteiger partial charge in [-0.1, -0.05) is 0 Å². The van der Waals surface area contributed by atoms with Crippen LogP contribution in [0.25, 0.3) is 0 Å². The van der Waals surface area contributed by atoms with Crippen molar-refractivity contribution in [3.8, 4) is 11.5 Å². The summed E-state index contributed by atoms with van der Waals surface area (Å²) >= 11 is 0. The second kappa shape index (κ2) is 6.43. The van der Waals surface area contributed by atoms with Crippen molar-refractivity contribution < 1.29 is 24.3 Å².